The summed E-state index contributed by atoms with van der Waals surface area (Å²) in [6, 6.07) is 24.0. The van der Waals surface area contributed by atoms with Gasteiger partial charge in [0.05, 0.1) is 0 Å². The summed E-state index contributed by atoms with van der Waals surface area (Å²) in [6.07, 6.45) is 0. The van der Waals surface area contributed by atoms with Crippen molar-refractivity contribution in [2.24, 2.45) is 0 Å². The molecule has 1 atom stereocenters. The molecule has 0 aliphatic carbocycles. The molecule has 0 amide bonds. The summed E-state index contributed by atoms with van der Waals surface area (Å²) in [7, 11) is 2.17. The van der Waals surface area contributed by atoms with Gasteiger partial charge in [-0.3, -0.25) is 12.1 Å². The van der Waals surface area contributed by atoms with Gasteiger partial charge in [-0.15, -0.1) is 5.56 Å². The van der Waals surface area contributed by atoms with E-state index in [0.29, 0.717) is 6.04 Å². The quantitative estimate of drug-likeness (QED) is 0.445. The van der Waals surface area contributed by atoms with E-state index >= 15 is 0 Å². The zero-order valence-electron chi connectivity index (χ0n) is 16.9. The van der Waals surface area contributed by atoms with E-state index in [1.54, 1.807) is 0 Å². The zero-order chi connectivity index (χ0) is 17.1. The number of rotatable bonds is 7. The maximum absolute atomic E-state index is 3.30. The molecule has 2 rings (SSSR count). The Morgan fingerprint density at radius 3 is 1.92 bits per heavy atom. The fraction of sp³-hybridized carbons (Fsp3) is 0.429. The Morgan fingerprint density at radius 2 is 1.46 bits per heavy atom. The molecule has 0 aliphatic heterocycles. The predicted molar refractivity (Wildman–Crippen MR) is 99.7 cm³/mol. The van der Waals surface area contributed by atoms with Crippen LogP contribution in [0.1, 0.15) is 39.3 Å². The van der Waals surface area contributed by atoms with Crippen LogP contribution in [0.5, 0.6) is 0 Å². The average Bonchev–Trinajstić information content (AvgIpc) is 2.64. The topological polar surface area (TPSA) is 6.48 Å². The van der Waals surface area contributed by atoms with E-state index < -0.39 is 0 Å². The van der Waals surface area contributed by atoms with Crippen molar-refractivity contribution >= 4 is 5.69 Å². The van der Waals surface area contributed by atoms with Gasteiger partial charge in [0.2, 0.25) is 0 Å². The van der Waals surface area contributed by atoms with Crippen molar-refractivity contribution < 1.29 is 98.1 Å². The number of hydrogen-bond acceptors (Lipinski definition) is 2. The smallest absolute Gasteiger partial charge is 0.0407 e. The van der Waals surface area contributed by atoms with Gasteiger partial charge in [-0.2, -0.15) is 36.0 Å². The van der Waals surface area contributed by atoms with E-state index in [1.807, 2.05) is 38.1 Å². The third-order valence-corrected chi connectivity index (χ3v) is 3.82. The molecular formula is C21H29N2Y3-3. The van der Waals surface area contributed by atoms with E-state index in [-0.39, 0.29) is 98.1 Å². The Labute approximate surface area is 236 Å². The van der Waals surface area contributed by atoms with Crippen molar-refractivity contribution in [3.05, 3.63) is 66.2 Å². The molecule has 0 heterocycles. The molecule has 2 aromatic carbocycles. The maximum Gasteiger partial charge on any atom is 0.0407 e. The molecule has 1 unspecified atom stereocenters. The van der Waals surface area contributed by atoms with E-state index in [9.17, 15) is 0 Å². The van der Waals surface area contributed by atoms with Crippen LogP contribution in [0.4, 0.5) is 5.69 Å². The molecule has 0 N–H and O–H groups in total. The van der Waals surface area contributed by atoms with Gasteiger partial charge in [0, 0.05) is 117 Å². The van der Waals surface area contributed by atoms with Crippen molar-refractivity contribution in [1.29, 1.82) is 0 Å². The van der Waals surface area contributed by atoms with Crippen molar-refractivity contribution in [3.8, 4) is 0 Å². The average molecular weight is 576 g/mol. The van der Waals surface area contributed by atoms with E-state index in [4.69, 9.17) is 0 Å². The van der Waals surface area contributed by atoms with Crippen molar-refractivity contribution in [3.63, 3.8) is 0 Å². The van der Waals surface area contributed by atoms with E-state index in [0.717, 1.165) is 25.3 Å². The summed E-state index contributed by atoms with van der Waals surface area (Å²) in [5.74, 6) is 0. The molecule has 0 saturated heterocycles. The van der Waals surface area contributed by atoms with Crippen LogP contribution >= 0.6 is 0 Å². The molecule has 0 fully saturated rings. The number of anilines is 1. The van der Waals surface area contributed by atoms with E-state index in [1.165, 1.54) is 5.56 Å². The fourth-order valence-corrected chi connectivity index (χ4v) is 2.51. The summed E-state index contributed by atoms with van der Waals surface area (Å²) in [4.78, 5) is 4.74. The van der Waals surface area contributed by atoms with Gasteiger partial charge in [-0.25, -0.2) is 0 Å². The van der Waals surface area contributed by atoms with Crippen LogP contribution in [-0.4, -0.2) is 31.6 Å². The molecule has 5 heteroatoms. The van der Waals surface area contributed by atoms with E-state index in [2.05, 4.69) is 67.1 Å². The minimum absolute atomic E-state index is 0. The minimum atomic E-state index is 0. The molecule has 2 nitrogen and oxygen atoms in total. The second-order valence-corrected chi connectivity index (χ2v) is 5.16. The van der Waals surface area contributed by atoms with Gasteiger partial charge in [0.25, 0.3) is 0 Å². The Hall–Kier alpha value is 1.51. The molecule has 0 aliphatic rings. The normalized spacial score (nSPS) is 10.2. The minimum Gasteiger partial charge on any atom is -0.410 e. The van der Waals surface area contributed by atoms with Crippen LogP contribution in [0.3, 0.4) is 0 Å². The summed E-state index contributed by atoms with van der Waals surface area (Å²) in [5.41, 5.74) is 2.44. The summed E-state index contributed by atoms with van der Waals surface area (Å²) >= 11 is 0. The Balaban J connectivity index is -0.00000102. The molecule has 3 radical (unpaired) electrons. The summed E-state index contributed by atoms with van der Waals surface area (Å²) in [6.45, 7) is 11.4. The van der Waals surface area contributed by atoms with Crippen LogP contribution in [0.25, 0.3) is 0 Å². The van der Waals surface area contributed by atoms with Gasteiger partial charge >= 0.3 is 0 Å². The molecular weight excluding hydrogens is 547 g/mol. The Kier molecular flexibility index (Phi) is 24.5. The first-order chi connectivity index (χ1) is 11.3. The largest absolute Gasteiger partial charge is 0.410 e. The van der Waals surface area contributed by atoms with Crippen LogP contribution < -0.4 is 4.90 Å². The first-order valence-electron chi connectivity index (χ1n) is 8.55. The Morgan fingerprint density at radius 1 is 0.885 bits per heavy atom. The molecule has 26 heavy (non-hydrogen) atoms. The first-order valence-corrected chi connectivity index (χ1v) is 8.55. The number of benzene rings is 2. The molecule has 135 valence electrons. The SMILES string of the molecule is CC.CCN(C)CC(c1cc[c-]cc1)N(CC)c1[c-]c[c-]cc1.[Y].[Y].[Y]. The third kappa shape index (κ3) is 10.9. The standard InChI is InChI=1S/C19H23N2.C2H6.3Y/c1-4-20(3)16-19(17-12-8-6-9-13-17)21(5-2)18-14-10-7-11-15-18;1-2;;;/h8-14,19H,4-5,16H2,1-3H3;1-2H3;;;/q-3;;;;. The maximum atomic E-state index is 3.30. The van der Waals surface area contributed by atoms with Gasteiger partial charge in [-0.1, -0.05) is 20.8 Å². The molecule has 0 bridgehead atoms. The molecule has 0 aromatic heterocycles. The first kappa shape index (κ1) is 32.2. The molecule has 0 spiro atoms. The van der Waals surface area contributed by atoms with Crippen molar-refractivity contribution in [1.82, 2.24) is 4.90 Å². The van der Waals surface area contributed by atoms with Crippen LogP contribution in [0.15, 0.2) is 42.5 Å². The van der Waals surface area contributed by atoms with Crippen molar-refractivity contribution in [2.75, 3.05) is 31.6 Å². The second-order valence-electron chi connectivity index (χ2n) is 5.16. The van der Waals surface area contributed by atoms with Crippen LogP contribution in [0.2, 0.25) is 0 Å². The molecule has 2 aromatic rings. The van der Waals surface area contributed by atoms with Gasteiger partial charge in [0.15, 0.2) is 0 Å². The third-order valence-electron chi connectivity index (χ3n) is 3.82. The second kappa shape index (κ2) is 19.8. The van der Waals surface area contributed by atoms with Gasteiger partial charge in [-0.05, 0) is 20.5 Å². The van der Waals surface area contributed by atoms with Crippen LogP contribution in [-0.2, 0) is 98.1 Å². The summed E-state index contributed by atoms with van der Waals surface area (Å²) in [5, 5.41) is 0. The number of nitrogens with zero attached hydrogens (tertiary/aromatic N) is 2. The van der Waals surface area contributed by atoms with Crippen molar-refractivity contribution in [2.45, 2.75) is 33.7 Å². The summed E-state index contributed by atoms with van der Waals surface area (Å²) < 4.78 is 0. The Bertz CT molecular complexity index is 523. The fourth-order valence-electron chi connectivity index (χ4n) is 2.51. The van der Waals surface area contributed by atoms with Gasteiger partial charge in [0.1, 0.15) is 0 Å². The zero-order valence-corrected chi connectivity index (χ0v) is 25.4. The molecule has 0 saturated carbocycles. The van der Waals surface area contributed by atoms with Crippen LogP contribution in [0, 0.1) is 18.2 Å². The number of likely N-dealkylation sites (N-methyl/N-ethyl adjacent to an activating group) is 2. The van der Waals surface area contributed by atoms with Gasteiger partial charge < -0.3 is 28.0 Å². The predicted octanol–water partition coefficient (Wildman–Crippen LogP) is 4.63. The number of hydrogen-bond donors (Lipinski definition) is 0. The monoisotopic (exact) mass is 576 g/mol.